The van der Waals surface area contributed by atoms with Crippen molar-refractivity contribution in [1.29, 1.82) is 0 Å². The predicted molar refractivity (Wildman–Crippen MR) is 83.9 cm³/mol. The van der Waals surface area contributed by atoms with Crippen LogP contribution >= 0.6 is 0 Å². The Morgan fingerprint density at radius 1 is 0.955 bits per heavy atom. The topological polar surface area (TPSA) is 82.0 Å². The molecule has 0 aliphatic carbocycles. The SMILES string of the molecule is Nc1cc(-c2cccnc2)cc2nc(-c3ccccn3)nn12. The zero-order chi connectivity index (χ0) is 14.9. The number of nitrogen functional groups attached to an aromatic ring is 1. The third kappa shape index (κ3) is 2.07. The Morgan fingerprint density at radius 3 is 2.68 bits per heavy atom. The first-order chi connectivity index (χ1) is 10.8. The summed E-state index contributed by atoms with van der Waals surface area (Å²) in [6.45, 7) is 0. The van der Waals surface area contributed by atoms with E-state index in [1.165, 1.54) is 0 Å². The minimum atomic E-state index is 0.519. The third-order valence-corrected chi connectivity index (χ3v) is 3.35. The van der Waals surface area contributed by atoms with Crippen LogP contribution in [0.2, 0.25) is 0 Å². The maximum atomic E-state index is 6.11. The number of hydrogen-bond acceptors (Lipinski definition) is 5. The molecule has 6 nitrogen and oxygen atoms in total. The van der Waals surface area contributed by atoms with Crippen LogP contribution in [-0.4, -0.2) is 24.6 Å². The molecule has 4 rings (SSSR count). The molecule has 0 bridgehead atoms. The Hall–Kier alpha value is -3.28. The first-order valence-corrected chi connectivity index (χ1v) is 6.79. The van der Waals surface area contributed by atoms with Crippen LogP contribution in [-0.2, 0) is 0 Å². The molecule has 0 fully saturated rings. The van der Waals surface area contributed by atoms with E-state index < -0.39 is 0 Å². The van der Waals surface area contributed by atoms with E-state index in [1.807, 2.05) is 42.5 Å². The van der Waals surface area contributed by atoms with Gasteiger partial charge in [-0.2, -0.15) is 4.52 Å². The summed E-state index contributed by atoms with van der Waals surface area (Å²) in [5, 5.41) is 4.42. The molecule has 0 amide bonds. The van der Waals surface area contributed by atoms with Crippen molar-refractivity contribution in [2.24, 2.45) is 0 Å². The summed E-state index contributed by atoms with van der Waals surface area (Å²) in [6.07, 6.45) is 5.24. The maximum Gasteiger partial charge on any atom is 0.200 e. The molecule has 6 heteroatoms. The van der Waals surface area contributed by atoms with Gasteiger partial charge in [0.05, 0.1) is 0 Å². The summed E-state index contributed by atoms with van der Waals surface area (Å²) >= 11 is 0. The highest BCUT2D eigenvalue weighted by Crippen LogP contribution is 2.24. The van der Waals surface area contributed by atoms with Gasteiger partial charge in [-0.1, -0.05) is 12.1 Å². The molecule has 106 valence electrons. The van der Waals surface area contributed by atoms with Crippen LogP contribution in [0, 0.1) is 0 Å². The lowest BCUT2D eigenvalue weighted by Gasteiger charge is -2.03. The zero-order valence-corrected chi connectivity index (χ0v) is 11.6. The van der Waals surface area contributed by atoms with Gasteiger partial charge in [-0.25, -0.2) is 4.98 Å². The van der Waals surface area contributed by atoms with Gasteiger partial charge in [-0.3, -0.25) is 9.97 Å². The Bertz CT molecular complexity index is 931. The molecule has 0 saturated heterocycles. The molecule has 0 aliphatic rings. The van der Waals surface area contributed by atoms with E-state index in [4.69, 9.17) is 5.73 Å². The van der Waals surface area contributed by atoms with E-state index in [9.17, 15) is 0 Å². The highest BCUT2D eigenvalue weighted by atomic mass is 15.3. The highest BCUT2D eigenvalue weighted by Gasteiger charge is 2.11. The van der Waals surface area contributed by atoms with Gasteiger partial charge in [-0.05, 0) is 35.9 Å². The van der Waals surface area contributed by atoms with Gasteiger partial charge in [-0.15, -0.1) is 5.10 Å². The Kier molecular flexibility index (Phi) is 2.79. The highest BCUT2D eigenvalue weighted by molar-refractivity contribution is 5.71. The van der Waals surface area contributed by atoms with Crippen molar-refractivity contribution in [3.05, 3.63) is 61.1 Å². The second kappa shape index (κ2) is 4.92. The summed E-state index contributed by atoms with van der Waals surface area (Å²) in [7, 11) is 0. The van der Waals surface area contributed by atoms with Crippen molar-refractivity contribution in [2.45, 2.75) is 0 Å². The standard InChI is InChI=1S/C16H12N6/c17-14-8-12(11-4-3-6-18-10-11)9-15-20-16(21-22(14)15)13-5-1-2-7-19-13/h1-10H,17H2. The lowest BCUT2D eigenvalue weighted by molar-refractivity contribution is 0.974. The van der Waals surface area contributed by atoms with Crippen LogP contribution in [0.15, 0.2) is 61.1 Å². The smallest absolute Gasteiger partial charge is 0.200 e. The quantitative estimate of drug-likeness (QED) is 0.612. The molecule has 0 saturated carbocycles. The number of fused-ring (bicyclic) bond motifs is 1. The van der Waals surface area contributed by atoms with Crippen molar-refractivity contribution in [1.82, 2.24) is 24.6 Å². The van der Waals surface area contributed by atoms with Crippen LogP contribution in [0.5, 0.6) is 0 Å². The number of rotatable bonds is 2. The maximum absolute atomic E-state index is 6.11. The fraction of sp³-hybridized carbons (Fsp3) is 0. The van der Waals surface area contributed by atoms with Crippen molar-refractivity contribution >= 4 is 11.5 Å². The minimum Gasteiger partial charge on any atom is -0.384 e. The number of anilines is 1. The summed E-state index contributed by atoms with van der Waals surface area (Å²) in [5.41, 5.74) is 9.44. The number of nitrogens with two attached hydrogens (primary N) is 1. The molecule has 22 heavy (non-hydrogen) atoms. The fourth-order valence-electron chi connectivity index (χ4n) is 2.31. The Labute approximate surface area is 126 Å². The fourth-order valence-corrected chi connectivity index (χ4v) is 2.31. The molecule has 2 N–H and O–H groups in total. The first kappa shape index (κ1) is 12.5. The number of pyridine rings is 3. The average molecular weight is 288 g/mol. The van der Waals surface area contributed by atoms with Crippen LogP contribution < -0.4 is 5.73 Å². The monoisotopic (exact) mass is 288 g/mol. The summed E-state index contributed by atoms with van der Waals surface area (Å²) < 4.78 is 1.61. The number of hydrogen-bond donors (Lipinski definition) is 1. The molecule has 0 radical (unpaired) electrons. The number of aromatic nitrogens is 5. The van der Waals surface area contributed by atoms with Crippen molar-refractivity contribution in [2.75, 3.05) is 5.73 Å². The van der Waals surface area contributed by atoms with E-state index in [0.717, 1.165) is 11.1 Å². The second-order valence-corrected chi connectivity index (χ2v) is 4.83. The van der Waals surface area contributed by atoms with Crippen LogP contribution in [0.1, 0.15) is 0 Å². The van der Waals surface area contributed by atoms with Gasteiger partial charge >= 0.3 is 0 Å². The zero-order valence-electron chi connectivity index (χ0n) is 11.6. The van der Waals surface area contributed by atoms with E-state index in [1.54, 1.807) is 23.1 Å². The van der Waals surface area contributed by atoms with Crippen LogP contribution in [0.3, 0.4) is 0 Å². The molecule has 0 aliphatic heterocycles. The van der Waals surface area contributed by atoms with Gasteiger partial charge in [0.15, 0.2) is 5.65 Å². The van der Waals surface area contributed by atoms with Crippen molar-refractivity contribution < 1.29 is 0 Å². The van der Waals surface area contributed by atoms with Crippen LogP contribution in [0.4, 0.5) is 5.82 Å². The molecular weight excluding hydrogens is 276 g/mol. The van der Waals surface area contributed by atoms with Crippen LogP contribution in [0.25, 0.3) is 28.3 Å². The normalized spacial score (nSPS) is 10.9. The first-order valence-electron chi connectivity index (χ1n) is 6.79. The Morgan fingerprint density at radius 2 is 1.91 bits per heavy atom. The minimum absolute atomic E-state index is 0.519. The molecule has 0 aromatic carbocycles. The molecule has 4 heterocycles. The average Bonchev–Trinajstić information content (AvgIpc) is 3.01. The van der Waals surface area contributed by atoms with E-state index in [2.05, 4.69) is 20.1 Å². The summed E-state index contributed by atoms with van der Waals surface area (Å²) in [4.78, 5) is 12.9. The van der Waals surface area contributed by atoms with Gasteiger partial charge < -0.3 is 5.73 Å². The van der Waals surface area contributed by atoms with Crippen molar-refractivity contribution in [3.8, 4) is 22.6 Å². The lowest BCUT2D eigenvalue weighted by Crippen LogP contribution is -1.99. The molecule has 4 aromatic heterocycles. The molecular formula is C16H12N6. The van der Waals surface area contributed by atoms with E-state index >= 15 is 0 Å². The van der Waals surface area contributed by atoms with Crippen molar-refractivity contribution in [3.63, 3.8) is 0 Å². The van der Waals surface area contributed by atoms with Gasteiger partial charge in [0.2, 0.25) is 5.82 Å². The number of nitrogens with zero attached hydrogens (tertiary/aromatic N) is 5. The van der Waals surface area contributed by atoms with E-state index in [0.29, 0.717) is 23.0 Å². The second-order valence-electron chi connectivity index (χ2n) is 4.83. The van der Waals surface area contributed by atoms with E-state index in [-0.39, 0.29) is 0 Å². The largest absolute Gasteiger partial charge is 0.384 e. The molecule has 0 spiro atoms. The molecule has 0 atom stereocenters. The lowest BCUT2D eigenvalue weighted by atomic mass is 10.1. The van der Waals surface area contributed by atoms with Gasteiger partial charge in [0, 0.05) is 24.2 Å². The van der Waals surface area contributed by atoms with Gasteiger partial charge in [0.1, 0.15) is 11.5 Å². The summed E-state index contributed by atoms with van der Waals surface area (Å²) in [6, 6.07) is 13.3. The van der Waals surface area contributed by atoms with Gasteiger partial charge in [0.25, 0.3) is 0 Å². The predicted octanol–water partition coefficient (Wildman–Crippen LogP) is 2.44. The third-order valence-electron chi connectivity index (χ3n) is 3.35. The summed E-state index contributed by atoms with van der Waals surface area (Å²) in [5.74, 6) is 1.07. The molecule has 0 unspecified atom stereocenters. The Balaban J connectivity index is 1.88. The molecule has 4 aromatic rings.